The number of rotatable bonds is 10. The molecule has 0 fully saturated rings. The fourth-order valence-electron chi connectivity index (χ4n) is 3.20. The summed E-state index contributed by atoms with van der Waals surface area (Å²) in [5.41, 5.74) is -0.490. The van der Waals surface area contributed by atoms with Gasteiger partial charge in [0.2, 0.25) is 0 Å². The summed E-state index contributed by atoms with van der Waals surface area (Å²) >= 11 is 0. The average molecular weight is 467 g/mol. The lowest BCUT2D eigenvalue weighted by Crippen LogP contribution is -2.30. The first kappa shape index (κ1) is 27.1. The van der Waals surface area contributed by atoms with Crippen molar-refractivity contribution >= 4 is 11.9 Å². The van der Waals surface area contributed by atoms with Crippen LogP contribution in [0.2, 0.25) is 0 Å². The number of hydrogen-bond acceptors (Lipinski definition) is 6. The maximum absolute atomic E-state index is 12.5. The van der Waals surface area contributed by atoms with Crippen molar-refractivity contribution in [2.75, 3.05) is 0 Å². The molecule has 0 heterocycles. The lowest BCUT2D eigenvalue weighted by molar-refractivity contribution is -0.314. The van der Waals surface area contributed by atoms with Gasteiger partial charge < -0.3 is 0 Å². The van der Waals surface area contributed by atoms with Crippen LogP contribution in [0.5, 0.6) is 0 Å². The molecule has 0 amide bonds. The van der Waals surface area contributed by atoms with Crippen LogP contribution in [0.15, 0.2) is 60.7 Å². The SMILES string of the molecule is CCC(C(=O)OOC(C)(C)C#CC(C)(C)OOC(=O)C(CC)c1ccccc1)c1ccccc1. The molecule has 2 rings (SSSR count). The lowest BCUT2D eigenvalue weighted by atomic mass is 9.97. The zero-order valence-electron chi connectivity index (χ0n) is 20.8. The highest BCUT2D eigenvalue weighted by molar-refractivity contribution is 5.78. The van der Waals surface area contributed by atoms with E-state index in [0.29, 0.717) is 12.8 Å². The summed E-state index contributed by atoms with van der Waals surface area (Å²) in [5.74, 6) is 3.93. The summed E-state index contributed by atoms with van der Waals surface area (Å²) in [7, 11) is 0. The van der Waals surface area contributed by atoms with Crippen LogP contribution < -0.4 is 0 Å². The van der Waals surface area contributed by atoms with Crippen LogP contribution in [0.25, 0.3) is 0 Å². The fraction of sp³-hybridized carbons (Fsp3) is 0.429. The van der Waals surface area contributed by atoms with Gasteiger partial charge in [0.1, 0.15) is 0 Å². The second-order valence-electron chi connectivity index (χ2n) is 8.99. The molecule has 6 heteroatoms. The van der Waals surface area contributed by atoms with Crippen molar-refractivity contribution in [1.82, 2.24) is 0 Å². The highest BCUT2D eigenvalue weighted by Gasteiger charge is 2.28. The van der Waals surface area contributed by atoms with Gasteiger partial charge in [0, 0.05) is 0 Å². The van der Waals surface area contributed by atoms with E-state index in [1.54, 1.807) is 27.7 Å². The molecule has 0 aliphatic carbocycles. The van der Waals surface area contributed by atoms with E-state index in [-0.39, 0.29) is 0 Å². The second kappa shape index (κ2) is 12.4. The first-order valence-electron chi connectivity index (χ1n) is 11.5. The quantitative estimate of drug-likeness (QED) is 0.247. The second-order valence-corrected chi connectivity index (χ2v) is 8.99. The highest BCUT2D eigenvalue weighted by Crippen LogP contribution is 2.24. The Morgan fingerprint density at radius 2 is 1.00 bits per heavy atom. The molecule has 0 aromatic heterocycles. The smallest absolute Gasteiger partial charge is 0.296 e. The Morgan fingerprint density at radius 1 is 0.676 bits per heavy atom. The Hall–Kier alpha value is -3.14. The summed E-state index contributed by atoms with van der Waals surface area (Å²) in [6, 6.07) is 18.8. The first-order chi connectivity index (χ1) is 16.1. The van der Waals surface area contributed by atoms with Gasteiger partial charge in [-0.25, -0.2) is 9.59 Å². The third-order valence-corrected chi connectivity index (χ3v) is 5.12. The van der Waals surface area contributed by atoms with E-state index in [0.717, 1.165) is 11.1 Å². The maximum atomic E-state index is 12.5. The summed E-state index contributed by atoms with van der Waals surface area (Å²) < 4.78 is 0. The fourth-order valence-corrected chi connectivity index (χ4v) is 3.20. The van der Waals surface area contributed by atoms with E-state index in [2.05, 4.69) is 11.8 Å². The molecule has 0 N–H and O–H groups in total. The third kappa shape index (κ3) is 8.33. The van der Waals surface area contributed by atoms with Gasteiger partial charge in [-0.3, -0.25) is 9.78 Å². The van der Waals surface area contributed by atoms with Crippen LogP contribution in [-0.4, -0.2) is 23.1 Å². The molecule has 0 bridgehead atoms. The van der Waals surface area contributed by atoms with Gasteiger partial charge in [-0.2, -0.15) is 9.78 Å². The third-order valence-electron chi connectivity index (χ3n) is 5.12. The number of carbonyl (C=O) groups excluding carboxylic acids is 2. The Bertz CT molecular complexity index is 906. The number of benzene rings is 2. The summed E-state index contributed by atoms with van der Waals surface area (Å²) in [6.45, 7) is 10.5. The van der Waals surface area contributed by atoms with Crippen LogP contribution >= 0.6 is 0 Å². The predicted octanol–water partition coefficient (Wildman–Crippen LogP) is 5.88. The van der Waals surface area contributed by atoms with Gasteiger partial charge in [-0.1, -0.05) is 86.4 Å². The molecule has 0 aliphatic heterocycles. The molecular formula is C28H34O6. The van der Waals surface area contributed by atoms with Gasteiger partial charge in [0.15, 0.2) is 11.2 Å². The van der Waals surface area contributed by atoms with E-state index in [1.165, 1.54) is 0 Å². The van der Waals surface area contributed by atoms with E-state index in [1.807, 2.05) is 74.5 Å². The Kier molecular flexibility index (Phi) is 9.85. The van der Waals surface area contributed by atoms with E-state index < -0.39 is 35.0 Å². The zero-order chi connectivity index (χ0) is 25.2. The van der Waals surface area contributed by atoms with Crippen molar-refractivity contribution in [1.29, 1.82) is 0 Å². The normalized spacial score (nSPS) is 13.2. The highest BCUT2D eigenvalue weighted by atomic mass is 17.2. The summed E-state index contributed by atoms with van der Waals surface area (Å²) in [4.78, 5) is 46.0. The number of hydrogen-bond donors (Lipinski definition) is 0. The van der Waals surface area contributed by atoms with Gasteiger partial charge in [0.25, 0.3) is 0 Å². The minimum Gasteiger partial charge on any atom is -0.296 e. The Labute approximate surface area is 202 Å². The predicted molar refractivity (Wildman–Crippen MR) is 129 cm³/mol. The van der Waals surface area contributed by atoms with E-state index in [4.69, 9.17) is 19.6 Å². The molecule has 0 saturated carbocycles. The van der Waals surface area contributed by atoms with Gasteiger partial charge in [-0.05, 0) is 51.7 Å². The minimum atomic E-state index is -1.11. The molecule has 0 saturated heterocycles. The monoisotopic (exact) mass is 466 g/mol. The zero-order valence-corrected chi connectivity index (χ0v) is 20.8. The van der Waals surface area contributed by atoms with Crippen LogP contribution in [0.1, 0.15) is 77.3 Å². The van der Waals surface area contributed by atoms with Crippen LogP contribution in [0.4, 0.5) is 0 Å². The number of carbonyl (C=O) groups is 2. The maximum Gasteiger partial charge on any atom is 0.349 e. The molecule has 2 aromatic carbocycles. The topological polar surface area (TPSA) is 71.1 Å². The summed E-state index contributed by atoms with van der Waals surface area (Å²) in [6.07, 6.45) is 1.15. The van der Waals surface area contributed by atoms with Gasteiger partial charge >= 0.3 is 11.9 Å². The molecular weight excluding hydrogens is 432 g/mol. The van der Waals surface area contributed by atoms with Crippen LogP contribution in [-0.2, 0) is 29.1 Å². The first-order valence-corrected chi connectivity index (χ1v) is 11.5. The molecule has 0 aliphatic rings. The van der Waals surface area contributed by atoms with Gasteiger partial charge in [-0.15, -0.1) is 0 Å². The molecule has 2 aromatic rings. The van der Waals surface area contributed by atoms with Crippen LogP contribution in [0.3, 0.4) is 0 Å². The molecule has 0 radical (unpaired) electrons. The van der Waals surface area contributed by atoms with Gasteiger partial charge in [0.05, 0.1) is 11.8 Å². The Morgan fingerprint density at radius 3 is 1.29 bits per heavy atom. The molecule has 6 nitrogen and oxygen atoms in total. The van der Waals surface area contributed by atoms with Crippen molar-refractivity contribution in [3.63, 3.8) is 0 Å². The lowest BCUT2D eigenvalue weighted by Gasteiger charge is -2.21. The van der Waals surface area contributed by atoms with Crippen molar-refractivity contribution in [2.24, 2.45) is 0 Å². The molecule has 34 heavy (non-hydrogen) atoms. The minimum absolute atomic E-state index is 0.430. The summed E-state index contributed by atoms with van der Waals surface area (Å²) in [5, 5.41) is 0. The Balaban J connectivity index is 1.94. The van der Waals surface area contributed by atoms with E-state index >= 15 is 0 Å². The standard InChI is InChI=1S/C28H34O6/c1-7-23(21-15-11-9-12-16-21)25(29)31-33-27(3,4)19-20-28(5,6)34-32-26(30)24(8-2)22-17-13-10-14-18-22/h9-18,23-24H,7-8H2,1-6H3. The van der Waals surface area contributed by atoms with Crippen LogP contribution in [0, 0.1) is 11.8 Å². The van der Waals surface area contributed by atoms with Crippen molar-refractivity contribution in [3.8, 4) is 11.8 Å². The van der Waals surface area contributed by atoms with E-state index in [9.17, 15) is 9.59 Å². The van der Waals surface area contributed by atoms with Crippen molar-refractivity contribution in [2.45, 2.75) is 77.4 Å². The van der Waals surface area contributed by atoms with Crippen molar-refractivity contribution < 1.29 is 29.1 Å². The molecule has 182 valence electrons. The largest absolute Gasteiger partial charge is 0.349 e. The molecule has 2 unspecified atom stereocenters. The average Bonchev–Trinajstić information content (AvgIpc) is 2.83. The molecule has 2 atom stereocenters. The molecule has 0 spiro atoms. The van der Waals surface area contributed by atoms with Crippen molar-refractivity contribution in [3.05, 3.63) is 71.8 Å².